The van der Waals surface area contributed by atoms with Gasteiger partial charge in [0, 0.05) is 43.0 Å². The second kappa shape index (κ2) is 9.90. The monoisotopic (exact) mass is 435 g/mol. The van der Waals surface area contributed by atoms with Crippen LogP contribution < -0.4 is 5.32 Å². The first-order valence-corrected chi connectivity index (χ1v) is 11.1. The van der Waals surface area contributed by atoms with E-state index in [0.717, 1.165) is 61.8 Å². The van der Waals surface area contributed by atoms with Crippen molar-refractivity contribution in [2.24, 2.45) is 5.92 Å². The first-order chi connectivity index (χ1) is 14.8. The van der Waals surface area contributed by atoms with Crippen LogP contribution in [0.25, 0.3) is 5.69 Å². The van der Waals surface area contributed by atoms with Crippen LogP contribution in [0.2, 0.25) is 0 Å². The van der Waals surface area contributed by atoms with E-state index < -0.39 is 17.5 Å². The Morgan fingerprint density at radius 3 is 2.35 bits per heavy atom. The summed E-state index contributed by atoms with van der Waals surface area (Å²) in [5.41, 5.74) is 2.53. The Morgan fingerprint density at radius 2 is 1.74 bits per heavy atom. The normalized spacial score (nSPS) is 15.2. The number of benzene rings is 1. The van der Waals surface area contributed by atoms with Crippen LogP contribution in [-0.2, 0) is 11.3 Å². The van der Waals surface area contributed by atoms with Gasteiger partial charge in [0.1, 0.15) is 0 Å². The van der Waals surface area contributed by atoms with Crippen LogP contribution in [0.3, 0.4) is 0 Å². The highest BCUT2D eigenvalue weighted by atomic mass is 19.2. The number of hydrogen-bond acceptors (Lipinski definition) is 2. The molecule has 0 atom stereocenters. The third-order valence-electron chi connectivity index (χ3n) is 6.51. The van der Waals surface area contributed by atoms with Gasteiger partial charge in [0.25, 0.3) is 0 Å². The zero-order chi connectivity index (χ0) is 22.7. The number of halogens is 3. The summed E-state index contributed by atoms with van der Waals surface area (Å²) in [7, 11) is 0. The minimum Gasteiger partial charge on any atom is -0.342 e. The fourth-order valence-corrected chi connectivity index (χ4v) is 4.52. The summed E-state index contributed by atoms with van der Waals surface area (Å²) in [6.07, 6.45) is 3.54. The van der Waals surface area contributed by atoms with Crippen molar-refractivity contribution in [1.82, 2.24) is 14.8 Å². The zero-order valence-electron chi connectivity index (χ0n) is 18.8. The first kappa shape index (κ1) is 23.4. The lowest BCUT2D eigenvalue weighted by molar-refractivity contribution is -0.136. The number of aromatic nitrogens is 1. The molecule has 0 saturated carbocycles. The van der Waals surface area contributed by atoms with Gasteiger partial charge in [0.15, 0.2) is 17.5 Å². The van der Waals surface area contributed by atoms with Gasteiger partial charge < -0.3 is 14.8 Å². The maximum absolute atomic E-state index is 14.3. The van der Waals surface area contributed by atoms with E-state index in [9.17, 15) is 18.0 Å². The quantitative estimate of drug-likeness (QED) is 0.620. The maximum Gasteiger partial charge on any atom is 0.225 e. The van der Waals surface area contributed by atoms with Crippen molar-refractivity contribution in [1.29, 1.82) is 0 Å². The van der Waals surface area contributed by atoms with Crippen molar-refractivity contribution in [3.63, 3.8) is 0 Å². The molecule has 1 N–H and O–H groups in total. The molecule has 1 saturated heterocycles. The van der Waals surface area contributed by atoms with E-state index in [-0.39, 0.29) is 17.5 Å². The van der Waals surface area contributed by atoms with Crippen molar-refractivity contribution in [3.05, 3.63) is 52.6 Å². The molecule has 170 valence electrons. The third kappa shape index (κ3) is 4.81. The number of nitrogens with zero attached hydrogens (tertiary/aromatic N) is 2. The number of piperidine rings is 1. The third-order valence-corrected chi connectivity index (χ3v) is 6.51. The minimum absolute atomic E-state index is 0.00775. The van der Waals surface area contributed by atoms with E-state index in [1.165, 1.54) is 6.07 Å². The molecule has 7 heteroatoms. The molecule has 0 spiro atoms. The van der Waals surface area contributed by atoms with Gasteiger partial charge >= 0.3 is 0 Å². The second-order valence-corrected chi connectivity index (χ2v) is 8.42. The minimum atomic E-state index is -1.46. The molecule has 0 unspecified atom stereocenters. The van der Waals surface area contributed by atoms with Crippen LogP contribution in [0, 0.1) is 37.2 Å². The lowest BCUT2D eigenvalue weighted by atomic mass is 9.98. The molecule has 0 bridgehead atoms. The molecule has 1 aromatic heterocycles. The summed E-state index contributed by atoms with van der Waals surface area (Å²) in [5, 5.41) is 3.54. The van der Waals surface area contributed by atoms with Gasteiger partial charge in [0.05, 0.1) is 5.69 Å². The molecule has 0 radical (unpaired) electrons. The molecule has 1 amide bonds. The lowest BCUT2D eigenvalue weighted by Gasteiger charge is -2.34. The molecule has 1 fully saturated rings. The van der Waals surface area contributed by atoms with Crippen LogP contribution in [0.1, 0.15) is 56.5 Å². The molecule has 3 rings (SSSR count). The summed E-state index contributed by atoms with van der Waals surface area (Å²) < 4.78 is 43.0. The van der Waals surface area contributed by atoms with Crippen LogP contribution in [0.5, 0.6) is 0 Å². The predicted molar refractivity (Wildman–Crippen MR) is 116 cm³/mol. The van der Waals surface area contributed by atoms with Gasteiger partial charge in [-0.1, -0.05) is 13.8 Å². The molecule has 2 aromatic rings. The van der Waals surface area contributed by atoms with Gasteiger partial charge in [0.2, 0.25) is 5.91 Å². The molecule has 31 heavy (non-hydrogen) atoms. The van der Waals surface area contributed by atoms with Crippen molar-refractivity contribution in [2.45, 2.75) is 66.0 Å². The van der Waals surface area contributed by atoms with Gasteiger partial charge in [-0.2, -0.15) is 0 Å². The Labute approximate surface area is 182 Å². The van der Waals surface area contributed by atoms with Crippen molar-refractivity contribution in [2.75, 3.05) is 13.1 Å². The second-order valence-electron chi connectivity index (χ2n) is 8.42. The van der Waals surface area contributed by atoms with Gasteiger partial charge in [-0.15, -0.1) is 0 Å². The van der Waals surface area contributed by atoms with E-state index in [1.807, 2.05) is 24.8 Å². The average Bonchev–Trinajstić information content (AvgIpc) is 3.05. The summed E-state index contributed by atoms with van der Waals surface area (Å²) in [5.74, 6) is -3.46. The van der Waals surface area contributed by atoms with Crippen LogP contribution in [0.15, 0.2) is 18.2 Å². The topological polar surface area (TPSA) is 37.3 Å². The number of amides is 1. The predicted octanol–water partition coefficient (Wildman–Crippen LogP) is 5.03. The number of hydrogen-bond donors (Lipinski definition) is 1. The lowest BCUT2D eigenvalue weighted by Crippen LogP contribution is -2.46. The fourth-order valence-electron chi connectivity index (χ4n) is 4.52. The first-order valence-electron chi connectivity index (χ1n) is 11.1. The van der Waals surface area contributed by atoms with E-state index in [4.69, 9.17) is 0 Å². The Morgan fingerprint density at radius 1 is 1.10 bits per heavy atom. The van der Waals surface area contributed by atoms with E-state index in [2.05, 4.69) is 19.2 Å². The van der Waals surface area contributed by atoms with Crippen LogP contribution in [-0.4, -0.2) is 34.5 Å². The van der Waals surface area contributed by atoms with Gasteiger partial charge in [-0.05, 0) is 63.3 Å². The van der Waals surface area contributed by atoms with E-state index in [1.54, 1.807) is 4.57 Å². The highest BCUT2D eigenvalue weighted by molar-refractivity contribution is 5.78. The summed E-state index contributed by atoms with van der Waals surface area (Å²) in [6, 6.07) is 4.45. The molecule has 1 aliphatic rings. The highest BCUT2D eigenvalue weighted by Gasteiger charge is 2.26. The Kier molecular flexibility index (Phi) is 7.46. The molecule has 1 aliphatic heterocycles. The van der Waals surface area contributed by atoms with E-state index >= 15 is 0 Å². The molecule has 2 heterocycles. The summed E-state index contributed by atoms with van der Waals surface area (Å²) in [4.78, 5) is 14.5. The molecular weight excluding hydrogens is 403 g/mol. The van der Waals surface area contributed by atoms with Crippen LogP contribution in [0.4, 0.5) is 13.2 Å². The Balaban J connectivity index is 1.64. The number of likely N-dealkylation sites (tertiary alicyclic amines) is 1. The Bertz CT molecular complexity index is 929. The fraction of sp³-hybridized carbons (Fsp3) is 0.542. The number of nitrogens with one attached hydrogen (secondary N) is 1. The van der Waals surface area contributed by atoms with Gasteiger partial charge in [-0.3, -0.25) is 4.79 Å². The SMILES string of the molecule is CCC(CC)C(=O)N1CCC(NCc2cc(C)n(-c3ccc(F)c(F)c3F)c2C)CC1. The summed E-state index contributed by atoms with van der Waals surface area (Å²) >= 11 is 0. The molecule has 1 aromatic carbocycles. The number of rotatable bonds is 7. The number of aryl methyl sites for hydroxylation is 1. The Hall–Kier alpha value is -2.28. The molecule has 0 aliphatic carbocycles. The van der Waals surface area contributed by atoms with Crippen molar-refractivity contribution in [3.8, 4) is 5.69 Å². The largest absolute Gasteiger partial charge is 0.342 e. The van der Waals surface area contributed by atoms with Crippen LogP contribution >= 0.6 is 0 Å². The molecule has 4 nitrogen and oxygen atoms in total. The van der Waals surface area contributed by atoms with E-state index in [0.29, 0.717) is 12.6 Å². The number of carbonyl (C=O) groups excluding carboxylic acids is 1. The molecular formula is C24H32F3N3O. The maximum atomic E-state index is 14.3. The smallest absolute Gasteiger partial charge is 0.225 e. The van der Waals surface area contributed by atoms with Gasteiger partial charge in [-0.25, -0.2) is 13.2 Å². The zero-order valence-corrected chi connectivity index (χ0v) is 18.8. The number of carbonyl (C=O) groups is 1. The standard InChI is InChI=1S/C24H32F3N3O/c1-5-17(6-2)24(31)29-11-9-19(10-12-29)28-14-18-13-15(3)30(16(18)4)21-8-7-20(25)22(26)23(21)27/h7-8,13,17,19,28H,5-6,9-12,14H2,1-4H3. The highest BCUT2D eigenvalue weighted by Crippen LogP contribution is 2.26. The summed E-state index contributed by atoms with van der Waals surface area (Å²) in [6.45, 7) is 9.89. The van der Waals surface area contributed by atoms with Crippen molar-refractivity contribution < 1.29 is 18.0 Å². The average molecular weight is 436 g/mol. The van der Waals surface area contributed by atoms with Crippen molar-refractivity contribution >= 4 is 5.91 Å².